The maximum atomic E-state index is 12.9. The van der Waals surface area contributed by atoms with Crippen molar-refractivity contribution in [3.05, 3.63) is 64.7 Å². The first-order valence-corrected chi connectivity index (χ1v) is 8.15. The monoisotopic (exact) mass is 377 g/mol. The molecule has 0 radical (unpaired) electrons. The van der Waals surface area contributed by atoms with E-state index in [0.717, 1.165) is 12.1 Å². The summed E-state index contributed by atoms with van der Waals surface area (Å²) in [6.07, 6.45) is -1.35. The molecule has 0 saturated carbocycles. The first-order valence-electron chi connectivity index (χ1n) is 8.15. The number of aryl methyl sites for hydroxylation is 2. The Balaban J connectivity index is 1.83. The molecule has 0 fully saturated rings. The van der Waals surface area contributed by atoms with Crippen molar-refractivity contribution in [3.63, 3.8) is 0 Å². The first kappa shape index (κ1) is 18.7. The molecule has 27 heavy (non-hydrogen) atoms. The Hall–Kier alpha value is -3.10. The molecule has 2 heterocycles. The fraction of sp³-hybridized carbons (Fsp3) is 0.278. The van der Waals surface area contributed by atoms with Gasteiger partial charge in [0.2, 0.25) is 0 Å². The topological polar surface area (TPSA) is 64.7 Å². The van der Waals surface area contributed by atoms with Crippen molar-refractivity contribution in [1.29, 1.82) is 0 Å². The highest BCUT2D eigenvalue weighted by atomic mass is 19.4. The van der Waals surface area contributed by atoms with Crippen LogP contribution in [0.15, 0.2) is 36.7 Å². The number of benzene rings is 1. The van der Waals surface area contributed by atoms with E-state index >= 15 is 0 Å². The van der Waals surface area contributed by atoms with Crippen LogP contribution in [0.1, 0.15) is 32.9 Å². The third-order valence-electron chi connectivity index (χ3n) is 4.17. The van der Waals surface area contributed by atoms with Crippen LogP contribution in [0.2, 0.25) is 0 Å². The molecule has 142 valence electrons. The van der Waals surface area contributed by atoms with Crippen LogP contribution in [0.3, 0.4) is 0 Å². The van der Waals surface area contributed by atoms with Crippen LogP contribution >= 0.6 is 0 Å². The number of carbonyl (C=O) groups is 1. The van der Waals surface area contributed by atoms with Gasteiger partial charge in [-0.1, -0.05) is 12.1 Å². The van der Waals surface area contributed by atoms with Gasteiger partial charge in [0.1, 0.15) is 0 Å². The summed E-state index contributed by atoms with van der Waals surface area (Å²) in [7, 11) is 1.71. The second-order valence-electron chi connectivity index (χ2n) is 6.26. The molecule has 6 nitrogen and oxygen atoms in total. The van der Waals surface area contributed by atoms with E-state index in [1.54, 1.807) is 37.8 Å². The van der Waals surface area contributed by atoms with Gasteiger partial charge in [-0.3, -0.25) is 14.2 Å². The maximum absolute atomic E-state index is 12.9. The van der Waals surface area contributed by atoms with Crippen LogP contribution in [0, 0.1) is 13.8 Å². The molecule has 0 bridgehead atoms. The summed E-state index contributed by atoms with van der Waals surface area (Å²) in [6, 6.07) is 5.11. The van der Waals surface area contributed by atoms with E-state index < -0.39 is 11.7 Å². The van der Waals surface area contributed by atoms with Crippen molar-refractivity contribution in [1.82, 2.24) is 19.6 Å². The van der Waals surface area contributed by atoms with Crippen LogP contribution in [-0.2, 0) is 19.8 Å². The molecule has 3 rings (SSSR count). The number of nitrogens with zero attached hydrogens (tertiary/aromatic N) is 4. The number of rotatable bonds is 4. The molecule has 0 spiro atoms. The predicted octanol–water partition coefficient (Wildman–Crippen LogP) is 3.55. The highest BCUT2D eigenvalue weighted by Crippen LogP contribution is 2.30. The third-order valence-corrected chi connectivity index (χ3v) is 4.17. The quantitative estimate of drug-likeness (QED) is 0.756. The molecule has 0 unspecified atom stereocenters. The molecule has 9 heteroatoms. The van der Waals surface area contributed by atoms with Crippen molar-refractivity contribution in [2.45, 2.75) is 26.6 Å². The van der Waals surface area contributed by atoms with Crippen molar-refractivity contribution < 1.29 is 18.0 Å². The van der Waals surface area contributed by atoms with Crippen molar-refractivity contribution in [2.24, 2.45) is 7.05 Å². The second-order valence-corrected chi connectivity index (χ2v) is 6.26. The highest BCUT2D eigenvalue weighted by molar-refractivity contribution is 6.04. The van der Waals surface area contributed by atoms with Gasteiger partial charge in [-0.05, 0) is 31.5 Å². The van der Waals surface area contributed by atoms with Gasteiger partial charge in [0, 0.05) is 13.2 Å². The second kappa shape index (κ2) is 6.90. The molecule has 3 aromatic rings. The summed E-state index contributed by atoms with van der Waals surface area (Å²) < 4.78 is 41.7. The van der Waals surface area contributed by atoms with E-state index in [1.165, 1.54) is 16.9 Å². The summed E-state index contributed by atoms with van der Waals surface area (Å²) in [5.41, 5.74) is 1.95. The number of nitrogens with one attached hydrogen (secondary N) is 1. The zero-order valence-corrected chi connectivity index (χ0v) is 15.0. The SMILES string of the molecule is Cc1nn(Cc2cccc(C(F)(F)F)c2)c(C)c1NC(=O)c1cnn(C)c1. The van der Waals surface area contributed by atoms with Gasteiger partial charge in [-0.25, -0.2) is 0 Å². The van der Waals surface area contributed by atoms with E-state index in [-0.39, 0.29) is 12.5 Å². The Kier molecular flexibility index (Phi) is 4.77. The summed E-state index contributed by atoms with van der Waals surface area (Å²) in [4.78, 5) is 12.3. The summed E-state index contributed by atoms with van der Waals surface area (Å²) in [6.45, 7) is 3.65. The summed E-state index contributed by atoms with van der Waals surface area (Å²) in [5.74, 6) is -0.326. The van der Waals surface area contributed by atoms with Crippen molar-refractivity contribution >= 4 is 11.6 Å². The third kappa shape index (κ3) is 4.02. The predicted molar refractivity (Wildman–Crippen MR) is 93.4 cm³/mol. The Labute approximate surface area is 153 Å². The smallest absolute Gasteiger partial charge is 0.319 e. The van der Waals surface area contributed by atoms with E-state index in [4.69, 9.17) is 0 Å². The molecule has 0 aliphatic rings. The lowest BCUT2D eigenvalue weighted by atomic mass is 10.1. The van der Waals surface area contributed by atoms with Crippen LogP contribution in [0.5, 0.6) is 0 Å². The lowest BCUT2D eigenvalue weighted by molar-refractivity contribution is -0.137. The number of aromatic nitrogens is 4. The van der Waals surface area contributed by atoms with E-state index in [9.17, 15) is 18.0 Å². The normalized spacial score (nSPS) is 11.6. The number of amides is 1. The number of hydrogen-bond donors (Lipinski definition) is 1. The van der Waals surface area contributed by atoms with E-state index in [0.29, 0.717) is 28.2 Å². The maximum Gasteiger partial charge on any atom is 0.416 e. The highest BCUT2D eigenvalue weighted by Gasteiger charge is 2.30. The molecular formula is C18H18F3N5O. The standard InChI is InChI=1S/C18H18F3N5O/c1-11-16(23-17(27)14-8-22-25(3)10-14)12(2)26(24-11)9-13-5-4-6-15(7-13)18(19,20)21/h4-8,10H,9H2,1-3H3,(H,23,27). The van der Waals surface area contributed by atoms with Crippen LogP contribution < -0.4 is 5.32 Å². The molecule has 0 aliphatic heterocycles. The number of anilines is 1. The van der Waals surface area contributed by atoms with Crippen LogP contribution in [-0.4, -0.2) is 25.5 Å². The van der Waals surface area contributed by atoms with Crippen molar-refractivity contribution in [3.8, 4) is 0 Å². The van der Waals surface area contributed by atoms with Crippen molar-refractivity contribution in [2.75, 3.05) is 5.32 Å². The Morgan fingerprint density at radius 1 is 1.26 bits per heavy atom. The fourth-order valence-corrected chi connectivity index (χ4v) is 2.77. The molecule has 1 aromatic carbocycles. The van der Waals surface area contributed by atoms with Gasteiger partial charge < -0.3 is 5.32 Å². The number of carbonyl (C=O) groups excluding carboxylic acids is 1. The number of halogens is 3. The Bertz CT molecular complexity index is 987. The first-order chi connectivity index (χ1) is 12.6. The van der Waals surface area contributed by atoms with Gasteiger partial charge in [0.15, 0.2) is 0 Å². The minimum absolute atomic E-state index is 0.166. The molecule has 1 amide bonds. The van der Waals surface area contributed by atoms with Gasteiger partial charge in [-0.2, -0.15) is 23.4 Å². The molecule has 0 aliphatic carbocycles. The minimum Gasteiger partial charge on any atom is -0.319 e. The largest absolute Gasteiger partial charge is 0.416 e. The molecular weight excluding hydrogens is 359 g/mol. The molecule has 0 atom stereocenters. The van der Waals surface area contributed by atoms with Gasteiger partial charge in [0.05, 0.1) is 40.9 Å². The number of alkyl halides is 3. The Morgan fingerprint density at radius 2 is 2.00 bits per heavy atom. The molecule has 2 aromatic heterocycles. The van der Waals surface area contributed by atoms with Crippen LogP contribution in [0.25, 0.3) is 0 Å². The van der Waals surface area contributed by atoms with Crippen LogP contribution in [0.4, 0.5) is 18.9 Å². The zero-order chi connectivity index (χ0) is 19.8. The average Bonchev–Trinajstić information content (AvgIpc) is 3.13. The lowest BCUT2D eigenvalue weighted by Gasteiger charge is -2.10. The number of hydrogen-bond acceptors (Lipinski definition) is 3. The fourth-order valence-electron chi connectivity index (χ4n) is 2.77. The van der Waals surface area contributed by atoms with E-state index in [1.807, 2.05) is 0 Å². The van der Waals surface area contributed by atoms with Gasteiger partial charge in [0.25, 0.3) is 5.91 Å². The average molecular weight is 377 g/mol. The minimum atomic E-state index is -4.39. The summed E-state index contributed by atoms with van der Waals surface area (Å²) >= 11 is 0. The Morgan fingerprint density at radius 3 is 2.63 bits per heavy atom. The summed E-state index contributed by atoms with van der Waals surface area (Å²) in [5, 5.41) is 11.1. The lowest BCUT2D eigenvalue weighted by Crippen LogP contribution is -2.13. The molecule has 0 saturated heterocycles. The molecule has 1 N–H and O–H groups in total. The van der Waals surface area contributed by atoms with E-state index in [2.05, 4.69) is 15.5 Å². The zero-order valence-electron chi connectivity index (χ0n) is 15.0. The van der Waals surface area contributed by atoms with Gasteiger partial charge in [-0.15, -0.1) is 0 Å². The van der Waals surface area contributed by atoms with Gasteiger partial charge >= 0.3 is 6.18 Å².